The molecule has 2 N–H and O–H groups in total. The number of hydrogen-bond donors (Lipinski definition) is 2. The molecule has 1 fully saturated rings. The average Bonchev–Trinajstić information content (AvgIpc) is 1.79. The molecule has 0 aromatic carbocycles. The van der Waals surface area contributed by atoms with Crippen LogP contribution in [0, 0.1) is 5.41 Å². The highest BCUT2D eigenvalue weighted by Crippen LogP contribution is 2.12. The second-order valence-electron chi connectivity index (χ2n) is 2.07. The largest absolute Gasteiger partial charge is 0.389 e. The van der Waals surface area contributed by atoms with E-state index in [1.165, 1.54) is 11.8 Å². The van der Waals surface area contributed by atoms with Crippen molar-refractivity contribution in [2.45, 2.75) is 6.10 Å². The third-order valence-corrected chi connectivity index (χ3v) is 1.99. The number of nitrogens with zero attached hydrogens (tertiary/aromatic N) is 1. The second kappa shape index (κ2) is 2.58. The Kier molecular flexibility index (Phi) is 1.97. The molecule has 1 aliphatic rings. The van der Waals surface area contributed by atoms with Crippen molar-refractivity contribution in [2.75, 3.05) is 19.3 Å². The minimum Gasteiger partial charge on any atom is -0.389 e. The van der Waals surface area contributed by atoms with Crippen LogP contribution in [0.1, 0.15) is 0 Å². The summed E-state index contributed by atoms with van der Waals surface area (Å²) in [5.74, 6) is 0. The zero-order chi connectivity index (χ0) is 6.85. The highest BCUT2D eigenvalue weighted by molar-refractivity contribution is 8.13. The van der Waals surface area contributed by atoms with E-state index in [2.05, 4.69) is 0 Å². The van der Waals surface area contributed by atoms with Crippen LogP contribution in [0.5, 0.6) is 0 Å². The van der Waals surface area contributed by atoms with E-state index in [1.54, 1.807) is 0 Å². The predicted molar refractivity (Wildman–Crippen MR) is 38.8 cm³/mol. The zero-order valence-corrected chi connectivity index (χ0v) is 6.11. The molecule has 0 unspecified atom stereocenters. The first-order valence-electron chi connectivity index (χ1n) is 2.79. The fourth-order valence-electron chi connectivity index (χ4n) is 0.750. The highest BCUT2D eigenvalue weighted by atomic mass is 32.2. The summed E-state index contributed by atoms with van der Waals surface area (Å²) >= 11 is 1.41. The van der Waals surface area contributed by atoms with Gasteiger partial charge < -0.3 is 10.0 Å². The summed E-state index contributed by atoms with van der Waals surface area (Å²) in [5.41, 5.74) is 0. The summed E-state index contributed by atoms with van der Waals surface area (Å²) in [6, 6.07) is 0. The molecule has 0 saturated carbocycles. The quantitative estimate of drug-likeness (QED) is 0.372. The van der Waals surface area contributed by atoms with E-state index in [9.17, 15) is 0 Å². The summed E-state index contributed by atoms with van der Waals surface area (Å²) in [7, 11) is 0. The molecule has 52 valence electrons. The predicted octanol–water partition coefficient (Wildman–Crippen LogP) is -0.0393. The van der Waals surface area contributed by atoms with Crippen molar-refractivity contribution in [3.8, 4) is 0 Å². The van der Waals surface area contributed by atoms with Gasteiger partial charge in [-0.05, 0) is 6.26 Å². The van der Waals surface area contributed by atoms with Crippen LogP contribution in [0.15, 0.2) is 0 Å². The van der Waals surface area contributed by atoms with Gasteiger partial charge in [-0.3, -0.25) is 5.41 Å². The summed E-state index contributed by atoms with van der Waals surface area (Å²) in [6.07, 6.45) is 1.67. The van der Waals surface area contributed by atoms with Gasteiger partial charge in [-0.2, -0.15) is 0 Å². The molecule has 0 atom stereocenters. The van der Waals surface area contributed by atoms with E-state index >= 15 is 0 Å². The van der Waals surface area contributed by atoms with Crippen molar-refractivity contribution in [3.05, 3.63) is 0 Å². The number of β-amino-alcohol motifs (C(OH)–C–C–N with tert-alkyl or cyclic N) is 1. The normalized spacial score (nSPS) is 19.6. The lowest BCUT2D eigenvalue weighted by molar-refractivity contribution is 0.0483. The van der Waals surface area contributed by atoms with Gasteiger partial charge in [0.05, 0.1) is 6.10 Å². The van der Waals surface area contributed by atoms with E-state index in [-0.39, 0.29) is 6.10 Å². The molecule has 4 heteroatoms. The standard InChI is InChI=1S/C5H10N2OS/c1-9-5(6)7-2-4(8)3-7/h4,6,8H,2-3H2,1H3. The lowest BCUT2D eigenvalue weighted by Gasteiger charge is -2.36. The number of aliphatic hydroxyl groups is 1. The maximum absolute atomic E-state index is 8.82. The smallest absolute Gasteiger partial charge is 0.156 e. The fraction of sp³-hybridized carbons (Fsp3) is 0.800. The lowest BCUT2D eigenvalue weighted by atomic mass is 10.2. The van der Waals surface area contributed by atoms with Crippen molar-refractivity contribution < 1.29 is 5.11 Å². The van der Waals surface area contributed by atoms with Crippen LogP contribution in [0.2, 0.25) is 0 Å². The first-order valence-corrected chi connectivity index (χ1v) is 4.02. The van der Waals surface area contributed by atoms with Crippen molar-refractivity contribution in [2.24, 2.45) is 0 Å². The molecule has 0 bridgehead atoms. The van der Waals surface area contributed by atoms with E-state index in [0.29, 0.717) is 18.3 Å². The summed E-state index contributed by atoms with van der Waals surface area (Å²) < 4.78 is 0. The monoisotopic (exact) mass is 146 g/mol. The van der Waals surface area contributed by atoms with Crippen molar-refractivity contribution in [1.82, 2.24) is 4.90 Å². The minimum absolute atomic E-state index is 0.197. The highest BCUT2D eigenvalue weighted by Gasteiger charge is 2.25. The number of aliphatic hydroxyl groups excluding tert-OH is 1. The molecule has 9 heavy (non-hydrogen) atoms. The Bertz CT molecular complexity index is 122. The maximum atomic E-state index is 8.82. The van der Waals surface area contributed by atoms with Gasteiger partial charge in [-0.25, -0.2) is 0 Å². The van der Waals surface area contributed by atoms with Crippen LogP contribution in [0.25, 0.3) is 0 Å². The van der Waals surface area contributed by atoms with Crippen LogP contribution in [-0.4, -0.2) is 40.6 Å². The van der Waals surface area contributed by atoms with Gasteiger partial charge in [0.2, 0.25) is 0 Å². The molecule has 1 rings (SSSR count). The van der Waals surface area contributed by atoms with Crippen molar-refractivity contribution >= 4 is 16.9 Å². The Morgan fingerprint density at radius 2 is 2.33 bits per heavy atom. The summed E-state index contributed by atoms with van der Waals surface area (Å²) in [5, 5.41) is 16.6. The number of rotatable bonds is 0. The Morgan fingerprint density at radius 1 is 1.78 bits per heavy atom. The molecule has 0 radical (unpaired) electrons. The molecule has 0 aliphatic carbocycles. The van der Waals surface area contributed by atoms with Crippen molar-refractivity contribution in [3.63, 3.8) is 0 Å². The number of likely N-dealkylation sites (tertiary alicyclic amines) is 1. The van der Waals surface area contributed by atoms with Crippen LogP contribution in [0.4, 0.5) is 0 Å². The Hall–Kier alpha value is -0.220. The van der Waals surface area contributed by atoms with Crippen LogP contribution in [0.3, 0.4) is 0 Å². The molecule has 0 amide bonds. The SMILES string of the molecule is CSC(=N)N1CC(O)C1. The maximum Gasteiger partial charge on any atom is 0.156 e. The van der Waals surface area contributed by atoms with Crippen LogP contribution in [-0.2, 0) is 0 Å². The first-order chi connectivity index (χ1) is 4.24. The number of amidine groups is 1. The number of thioether (sulfide) groups is 1. The summed E-state index contributed by atoms with van der Waals surface area (Å²) in [4.78, 5) is 1.84. The van der Waals surface area contributed by atoms with Gasteiger partial charge in [0.1, 0.15) is 0 Å². The molecular formula is C5H10N2OS. The molecule has 0 aromatic heterocycles. The van der Waals surface area contributed by atoms with Crippen LogP contribution < -0.4 is 0 Å². The van der Waals surface area contributed by atoms with E-state index in [4.69, 9.17) is 10.5 Å². The van der Waals surface area contributed by atoms with E-state index in [1.807, 2.05) is 11.2 Å². The molecule has 0 spiro atoms. The molecule has 1 heterocycles. The minimum atomic E-state index is -0.197. The van der Waals surface area contributed by atoms with E-state index in [0.717, 1.165) is 0 Å². The van der Waals surface area contributed by atoms with E-state index < -0.39 is 0 Å². The molecule has 1 aliphatic heterocycles. The Morgan fingerprint density at radius 3 is 2.67 bits per heavy atom. The molecule has 0 aromatic rings. The van der Waals surface area contributed by atoms with Gasteiger partial charge >= 0.3 is 0 Å². The molecular weight excluding hydrogens is 136 g/mol. The average molecular weight is 146 g/mol. The van der Waals surface area contributed by atoms with Crippen LogP contribution >= 0.6 is 11.8 Å². The number of nitrogens with one attached hydrogen (secondary N) is 1. The van der Waals surface area contributed by atoms with Gasteiger partial charge in [-0.1, -0.05) is 11.8 Å². The lowest BCUT2D eigenvalue weighted by Crippen LogP contribution is -2.52. The first kappa shape index (κ1) is 6.89. The molecule has 3 nitrogen and oxygen atoms in total. The van der Waals surface area contributed by atoms with Gasteiger partial charge in [0, 0.05) is 13.1 Å². The zero-order valence-electron chi connectivity index (χ0n) is 5.29. The molecule has 1 saturated heterocycles. The Balaban J connectivity index is 2.23. The topological polar surface area (TPSA) is 47.3 Å². The van der Waals surface area contributed by atoms with Gasteiger partial charge in [0.25, 0.3) is 0 Å². The second-order valence-corrected chi connectivity index (χ2v) is 2.86. The van der Waals surface area contributed by atoms with Gasteiger partial charge in [-0.15, -0.1) is 0 Å². The third kappa shape index (κ3) is 1.37. The summed E-state index contributed by atoms with van der Waals surface area (Å²) in [6.45, 7) is 1.28. The van der Waals surface area contributed by atoms with Crippen molar-refractivity contribution in [1.29, 1.82) is 5.41 Å². The third-order valence-electron chi connectivity index (χ3n) is 1.34. The van der Waals surface area contributed by atoms with Gasteiger partial charge in [0.15, 0.2) is 5.17 Å². The fourth-order valence-corrected chi connectivity index (χ4v) is 1.16. The number of hydrogen-bond acceptors (Lipinski definition) is 3. The Labute approximate surface area is 58.6 Å².